The number of benzene rings is 1. The maximum Gasteiger partial charge on any atom is 0.317 e. The van der Waals surface area contributed by atoms with Gasteiger partial charge in [0.05, 0.1) is 6.42 Å². The van der Waals surface area contributed by atoms with Crippen LogP contribution < -0.4 is 5.32 Å². The second kappa shape index (κ2) is 7.41. The second-order valence-electron chi connectivity index (χ2n) is 4.32. The van der Waals surface area contributed by atoms with Gasteiger partial charge in [0.2, 0.25) is 0 Å². The first kappa shape index (κ1) is 15.0. The Bertz CT molecular complexity index is 446. The zero-order valence-electron chi connectivity index (χ0n) is 11.3. The van der Waals surface area contributed by atoms with Gasteiger partial charge in [-0.3, -0.25) is 4.79 Å². The van der Waals surface area contributed by atoms with Gasteiger partial charge in [-0.1, -0.05) is 24.3 Å². The minimum absolute atomic E-state index is 0.0618. The number of carboxylic acid groups (broad SMARTS) is 1. The number of hydrogen-bond donors (Lipinski definition) is 2. The van der Waals surface area contributed by atoms with Crippen LogP contribution in [0.3, 0.4) is 0 Å². The van der Waals surface area contributed by atoms with Crippen LogP contribution in [-0.4, -0.2) is 35.1 Å². The molecule has 0 aliphatic heterocycles. The molecule has 0 fully saturated rings. The van der Waals surface area contributed by atoms with Gasteiger partial charge in [-0.2, -0.15) is 0 Å². The molecule has 104 valence electrons. The third-order valence-electron chi connectivity index (χ3n) is 2.91. The molecule has 0 saturated carbocycles. The fourth-order valence-corrected chi connectivity index (χ4v) is 1.71. The molecular formula is C14H20N2O3. The Balaban J connectivity index is 2.55. The quantitative estimate of drug-likeness (QED) is 0.825. The Kier molecular flexibility index (Phi) is 5.85. The van der Waals surface area contributed by atoms with E-state index in [2.05, 4.69) is 5.32 Å². The summed E-state index contributed by atoms with van der Waals surface area (Å²) in [7, 11) is 0. The van der Waals surface area contributed by atoms with E-state index in [0.717, 1.165) is 11.1 Å². The number of carbonyl (C=O) groups excluding carboxylic acids is 1. The Hall–Kier alpha value is -2.04. The van der Waals surface area contributed by atoms with Crippen LogP contribution >= 0.6 is 0 Å². The standard InChI is InChI=1S/C14H20N2O3/c1-3-16(14(19)15-9-8-13(17)18)10-12-7-5-4-6-11(12)2/h4-7H,3,8-10H2,1-2H3,(H,15,19)(H,17,18). The zero-order valence-corrected chi connectivity index (χ0v) is 11.3. The Labute approximate surface area is 113 Å². The number of aryl methyl sites for hydroxylation is 1. The van der Waals surface area contributed by atoms with Crippen molar-refractivity contribution in [1.82, 2.24) is 10.2 Å². The fourth-order valence-electron chi connectivity index (χ4n) is 1.71. The smallest absolute Gasteiger partial charge is 0.317 e. The van der Waals surface area contributed by atoms with Crippen molar-refractivity contribution in [2.75, 3.05) is 13.1 Å². The van der Waals surface area contributed by atoms with Gasteiger partial charge in [0.15, 0.2) is 0 Å². The van der Waals surface area contributed by atoms with Crippen LogP contribution in [0.2, 0.25) is 0 Å². The summed E-state index contributed by atoms with van der Waals surface area (Å²) < 4.78 is 0. The van der Waals surface area contributed by atoms with E-state index in [0.29, 0.717) is 13.1 Å². The minimum Gasteiger partial charge on any atom is -0.481 e. The summed E-state index contributed by atoms with van der Waals surface area (Å²) in [5.74, 6) is -0.915. The summed E-state index contributed by atoms with van der Waals surface area (Å²) in [5, 5.41) is 11.1. The van der Waals surface area contributed by atoms with Gasteiger partial charge in [0.1, 0.15) is 0 Å². The number of rotatable bonds is 6. The Morgan fingerprint density at radius 2 is 2.00 bits per heavy atom. The molecule has 2 amide bonds. The minimum atomic E-state index is -0.915. The summed E-state index contributed by atoms with van der Waals surface area (Å²) in [6.07, 6.45) is -0.0618. The molecule has 2 N–H and O–H groups in total. The van der Waals surface area contributed by atoms with Gasteiger partial charge in [-0.05, 0) is 25.0 Å². The molecule has 5 nitrogen and oxygen atoms in total. The van der Waals surface area contributed by atoms with E-state index in [1.165, 1.54) is 0 Å². The lowest BCUT2D eigenvalue weighted by atomic mass is 10.1. The molecule has 1 aromatic carbocycles. The van der Waals surface area contributed by atoms with Crippen molar-refractivity contribution >= 4 is 12.0 Å². The van der Waals surface area contributed by atoms with E-state index in [9.17, 15) is 9.59 Å². The van der Waals surface area contributed by atoms with Crippen LogP contribution in [-0.2, 0) is 11.3 Å². The molecule has 0 unspecified atom stereocenters. The highest BCUT2D eigenvalue weighted by Gasteiger charge is 2.12. The van der Waals surface area contributed by atoms with E-state index in [1.54, 1.807) is 4.90 Å². The van der Waals surface area contributed by atoms with Crippen LogP contribution in [0.1, 0.15) is 24.5 Å². The molecule has 0 spiro atoms. The van der Waals surface area contributed by atoms with Gasteiger partial charge in [-0.15, -0.1) is 0 Å². The molecule has 0 atom stereocenters. The largest absolute Gasteiger partial charge is 0.481 e. The second-order valence-corrected chi connectivity index (χ2v) is 4.32. The zero-order chi connectivity index (χ0) is 14.3. The van der Waals surface area contributed by atoms with Crippen molar-refractivity contribution in [1.29, 1.82) is 0 Å². The maximum atomic E-state index is 11.9. The molecule has 19 heavy (non-hydrogen) atoms. The molecule has 0 aliphatic carbocycles. The average Bonchev–Trinajstić information content (AvgIpc) is 2.37. The summed E-state index contributed by atoms with van der Waals surface area (Å²) >= 11 is 0. The van der Waals surface area contributed by atoms with Gasteiger partial charge < -0.3 is 15.3 Å². The molecule has 0 aliphatic rings. The first-order chi connectivity index (χ1) is 9.04. The van der Waals surface area contributed by atoms with E-state index >= 15 is 0 Å². The molecule has 0 bridgehead atoms. The lowest BCUT2D eigenvalue weighted by Gasteiger charge is -2.22. The van der Waals surface area contributed by atoms with Crippen LogP contribution in [0, 0.1) is 6.92 Å². The van der Waals surface area contributed by atoms with E-state index in [-0.39, 0.29) is 19.0 Å². The summed E-state index contributed by atoms with van der Waals surface area (Å²) in [5.41, 5.74) is 2.23. The van der Waals surface area contributed by atoms with Crippen molar-refractivity contribution in [3.05, 3.63) is 35.4 Å². The number of nitrogens with zero attached hydrogens (tertiary/aromatic N) is 1. The SMILES string of the molecule is CCN(Cc1ccccc1C)C(=O)NCCC(=O)O. The maximum absolute atomic E-state index is 11.9. The summed E-state index contributed by atoms with van der Waals surface area (Å²) in [4.78, 5) is 23.9. The number of nitrogens with one attached hydrogen (secondary N) is 1. The van der Waals surface area contributed by atoms with E-state index in [1.807, 2.05) is 38.1 Å². The van der Waals surface area contributed by atoms with Gasteiger partial charge >= 0.3 is 12.0 Å². The average molecular weight is 264 g/mol. The van der Waals surface area contributed by atoms with E-state index in [4.69, 9.17) is 5.11 Å². The first-order valence-corrected chi connectivity index (χ1v) is 6.33. The van der Waals surface area contributed by atoms with Crippen molar-refractivity contribution < 1.29 is 14.7 Å². The number of carboxylic acids is 1. The Morgan fingerprint density at radius 3 is 2.58 bits per heavy atom. The molecular weight excluding hydrogens is 244 g/mol. The summed E-state index contributed by atoms with van der Waals surface area (Å²) in [6.45, 7) is 5.16. The molecule has 0 radical (unpaired) electrons. The topological polar surface area (TPSA) is 69.6 Å². The van der Waals surface area contributed by atoms with Crippen molar-refractivity contribution in [3.63, 3.8) is 0 Å². The molecule has 1 aromatic rings. The van der Waals surface area contributed by atoms with Crippen molar-refractivity contribution in [2.24, 2.45) is 0 Å². The normalized spacial score (nSPS) is 10.0. The van der Waals surface area contributed by atoms with Crippen LogP contribution in [0.15, 0.2) is 24.3 Å². The van der Waals surface area contributed by atoms with Gasteiger partial charge in [0, 0.05) is 19.6 Å². The van der Waals surface area contributed by atoms with Crippen LogP contribution in [0.5, 0.6) is 0 Å². The molecule has 0 aromatic heterocycles. The number of carbonyl (C=O) groups is 2. The molecule has 1 rings (SSSR count). The predicted octanol–water partition coefficient (Wildman–Crippen LogP) is 2.00. The molecule has 0 heterocycles. The number of amides is 2. The molecule has 5 heteroatoms. The van der Waals surface area contributed by atoms with Crippen LogP contribution in [0.25, 0.3) is 0 Å². The van der Waals surface area contributed by atoms with Crippen LogP contribution in [0.4, 0.5) is 4.79 Å². The predicted molar refractivity (Wildman–Crippen MR) is 72.9 cm³/mol. The monoisotopic (exact) mass is 264 g/mol. The third-order valence-corrected chi connectivity index (χ3v) is 2.91. The van der Waals surface area contributed by atoms with Crippen molar-refractivity contribution in [2.45, 2.75) is 26.8 Å². The Morgan fingerprint density at radius 1 is 1.32 bits per heavy atom. The fraction of sp³-hybridized carbons (Fsp3) is 0.429. The summed E-state index contributed by atoms with van der Waals surface area (Å²) in [6, 6.07) is 7.67. The highest BCUT2D eigenvalue weighted by molar-refractivity contribution is 5.75. The lowest BCUT2D eigenvalue weighted by Crippen LogP contribution is -2.40. The first-order valence-electron chi connectivity index (χ1n) is 6.33. The van der Waals surface area contributed by atoms with Gasteiger partial charge in [-0.25, -0.2) is 4.79 Å². The van der Waals surface area contributed by atoms with Gasteiger partial charge in [0.25, 0.3) is 0 Å². The number of aliphatic carboxylic acids is 1. The van der Waals surface area contributed by atoms with E-state index < -0.39 is 5.97 Å². The highest BCUT2D eigenvalue weighted by Crippen LogP contribution is 2.10. The highest BCUT2D eigenvalue weighted by atomic mass is 16.4. The lowest BCUT2D eigenvalue weighted by molar-refractivity contribution is -0.136. The number of hydrogen-bond acceptors (Lipinski definition) is 2. The number of urea groups is 1. The molecule has 0 saturated heterocycles. The van der Waals surface area contributed by atoms with Crippen molar-refractivity contribution in [3.8, 4) is 0 Å². The third kappa shape index (κ3) is 4.99.